The molecule has 2 unspecified atom stereocenters. The van der Waals surface area contributed by atoms with Gasteiger partial charge in [0.25, 0.3) is 0 Å². The quantitative estimate of drug-likeness (QED) is 0.878. The number of carbonyl (C=O) groups excluding carboxylic acids is 1. The van der Waals surface area contributed by atoms with Crippen LogP contribution < -0.4 is 10.1 Å². The molecule has 3 rings (SSSR count). The molecule has 6 heteroatoms. The van der Waals surface area contributed by atoms with Gasteiger partial charge in [0.15, 0.2) is 0 Å². The SMILES string of the molecule is O=C(O)C1CCCN1C(=O)NCC1Cc2ccccc2O1. The zero-order valence-corrected chi connectivity index (χ0v) is 11.6. The molecule has 2 N–H and O–H groups in total. The van der Waals surface area contributed by atoms with Crippen LogP contribution in [0.25, 0.3) is 0 Å². The second kappa shape index (κ2) is 5.63. The van der Waals surface area contributed by atoms with E-state index < -0.39 is 12.0 Å². The number of fused-ring (bicyclic) bond motifs is 1. The lowest BCUT2D eigenvalue weighted by Gasteiger charge is -2.22. The third-order valence-electron chi connectivity index (χ3n) is 3.99. The molecule has 6 nitrogen and oxygen atoms in total. The molecule has 0 aliphatic carbocycles. The Morgan fingerprint density at radius 3 is 2.95 bits per heavy atom. The second-order valence-corrected chi connectivity index (χ2v) is 5.43. The molecule has 0 aromatic heterocycles. The van der Waals surface area contributed by atoms with Gasteiger partial charge in [0.1, 0.15) is 17.9 Å². The number of carboxylic acid groups (broad SMARTS) is 1. The first-order valence-electron chi connectivity index (χ1n) is 7.17. The van der Waals surface area contributed by atoms with Crippen molar-refractivity contribution in [3.63, 3.8) is 0 Å². The first-order chi connectivity index (χ1) is 10.1. The number of carboxylic acids is 1. The van der Waals surface area contributed by atoms with Gasteiger partial charge in [0.2, 0.25) is 0 Å². The van der Waals surface area contributed by atoms with Crippen LogP contribution in [0.2, 0.25) is 0 Å². The van der Waals surface area contributed by atoms with Crippen molar-refractivity contribution in [1.29, 1.82) is 0 Å². The zero-order chi connectivity index (χ0) is 14.8. The van der Waals surface area contributed by atoms with E-state index in [0.717, 1.165) is 24.2 Å². The number of likely N-dealkylation sites (tertiary alicyclic amines) is 1. The topological polar surface area (TPSA) is 78.9 Å². The highest BCUT2D eigenvalue weighted by Crippen LogP contribution is 2.27. The maximum Gasteiger partial charge on any atom is 0.326 e. The fourth-order valence-electron chi connectivity index (χ4n) is 2.94. The summed E-state index contributed by atoms with van der Waals surface area (Å²) in [6, 6.07) is 6.79. The molecule has 2 heterocycles. The molecular weight excluding hydrogens is 272 g/mol. The van der Waals surface area contributed by atoms with Gasteiger partial charge in [0, 0.05) is 13.0 Å². The molecule has 0 spiro atoms. The lowest BCUT2D eigenvalue weighted by atomic mass is 10.1. The first kappa shape index (κ1) is 13.7. The van der Waals surface area contributed by atoms with Crippen LogP contribution >= 0.6 is 0 Å². The normalized spacial score (nSPS) is 23.5. The van der Waals surface area contributed by atoms with Crippen LogP contribution in [0.4, 0.5) is 4.79 Å². The van der Waals surface area contributed by atoms with Crippen molar-refractivity contribution in [2.75, 3.05) is 13.1 Å². The number of rotatable bonds is 3. The molecular formula is C15H18N2O4. The lowest BCUT2D eigenvalue weighted by Crippen LogP contribution is -2.48. The summed E-state index contributed by atoms with van der Waals surface area (Å²) in [5.74, 6) is -0.0755. The number of benzene rings is 1. The van der Waals surface area contributed by atoms with Gasteiger partial charge in [-0.1, -0.05) is 18.2 Å². The van der Waals surface area contributed by atoms with E-state index >= 15 is 0 Å². The molecule has 21 heavy (non-hydrogen) atoms. The minimum absolute atomic E-state index is 0.0859. The minimum atomic E-state index is -0.938. The molecule has 2 atom stereocenters. The zero-order valence-electron chi connectivity index (χ0n) is 11.6. The van der Waals surface area contributed by atoms with Gasteiger partial charge in [-0.3, -0.25) is 0 Å². The van der Waals surface area contributed by atoms with Crippen LogP contribution in [0, 0.1) is 0 Å². The van der Waals surface area contributed by atoms with Crippen LogP contribution in [-0.4, -0.2) is 47.2 Å². The smallest absolute Gasteiger partial charge is 0.326 e. The van der Waals surface area contributed by atoms with Gasteiger partial charge in [-0.25, -0.2) is 9.59 Å². The van der Waals surface area contributed by atoms with E-state index in [1.54, 1.807) is 0 Å². The fourth-order valence-corrected chi connectivity index (χ4v) is 2.94. The molecule has 1 fully saturated rings. The van der Waals surface area contributed by atoms with Gasteiger partial charge in [-0.05, 0) is 24.5 Å². The Bertz CT molecular complexity index is 535. The number of nitrogens with zero attached hydrogens (tertiary/aromatic N) is 1. The average Bonchev–Trinajstić information content (AvgIpc) is 3.10. The van der Waals surface area contributed by atoms with Gasteiger partial charge >= 0.3 is 12.0 Å². The molecule has 2 amide bonds. The molecule has 1 saturated heterocycles. The molecule has 0 saturated carbocycles. The standard InChI is InChI=1S/C15H18N2O4/c18-14(19)12-5-3-7-17(12)15(20)16-9-11-8-10-4-1-2-6-13(10)21-11/h1-2,4,6,11-12H,3,5,7-9H2,(H,16,20)(H,18,19). The summed E-state index contributed by atoms with van der Waals surface area (Å²) in [6.45, 7) is 0.880. The minimum Gasteiger partial charge on any atom is -0.488 e. The Balaban J connectivity index is 1.52. The maximum absolute atomic E-state index is 12.1. The highest BCUT2D eigenvalue weighted by Gasteiger charge is 2.34. The van der Waals surface area contributed by atoms with Gasteiger partial charge in [-0.2, -0.15) is 0 Å². The molecule has 112 valence electrons. The van der Waals surface area contributed by atoms with E-state index in [-0.39, 0.29) is 12.1 Å². The molecule has 0 radical (unpaired) electrons. The van der Waals surface area contributed by atoms with Gasteiger partial charge in [-0.15, -0.1) is 0 Å². The number of hydrogen-bond donors (Lipinski definition) is 2. The summed E-state index contributed by atoms with van der Waals surface area (Å²) in [6.07, 6.45) is 1.93. The van der Waals surface area contributed by atoms with Crippen LogP contribution in [0.5, 0.6) is 5.75 Å². The molecule has 0 bridgehead atoms. The van der Waals surface area contributed by atoms with E-state index in [2.05, 4.69) is 5.32 Å². The van der Waals surface area contributed by atoms with Crippen molar-refractivity contribution in [3.05, 3.63) is 29.8 Å². The largest absolute Gasteiger partial charge is 0.488 e. The van der Waals surface area contributed by atoms with E-state index in [1.165, 1.54) is 4.90 Å². The van der Waals surface area contributed by atoms with Crippen molar-refractivity contribution in [2.24, 2.45) is 0 Å². The Hall–Kier alpha value is -2.24. The van der Waals surface area contributed by atoms with Crippen molar-refractivity contribution in [2.45, 2.75) is 31.4 Å². The first-order valence-corrected chi connectivity index (χ1v) is 7.17. The highest BCUT2D eigenvalue weighted by molar-refractivity contribution is 5.83. The van der Waals surface area contributed by atoms with Crippen LogP contribution in [0.1, 0.15) is 18.4 Å². The number of aliphatic carboxylic acids is 1. The number of nitrogens with one attached hydrogen (secondary N) is 1. The van der Waals surface area contributed by atoms with Crippen molar-refractivity contribution in [3.8, 4) is 5.75 Å². The number of carbonyl (C=O) groups is 2. The average molecular weight is 290 g/mol. The summed E-state index contributed by atoms with van der Waals surface area (Å²) in [7, 11) is 0. The van der Waals surface area contributed by atoms with Crippen LogP contribution in [0.15, 0.2) is 24.3 Å². The van der Waals surface area contributed by atoms with Crippen molar-refractivity contribution < 1.29 is 19.4 Å². The Labute approximate surface area is 122 Å². The van der Waals surface area contributed by atoms with Crippen molar-refractivity contribution >= 4 is 12.0 Å². The summed E-state index contributed by atoms with van der Waals surface area (Å²) >= 11 is 0. The van der Waals surface area contributed by atoms with E-state index in [0.29, 0.717) is 19.5 Å². The third-order valence-corrected chi connectivity index (χ3v) is 3.99. The van der Waals surface area contributed by atoms with Gasteiger partial charge < -0.3 is 20.1 Å². The summed E-state index contributed by atoms with van der Waals surface area (Å²) in [5, 5.41) is 11.9. The predicted molar refractivity (Wildman–Crippen MR) is 75.3 cm³/mol. The maximum atomic E-state index is 12.1. The Kier molecular flexibility index (Phi) is 3.68. The number of amides is 2. The monoisotopic (exact) mass is 290 g/mol. The lowest BCUT2D eigenvalue weighted by molar-refractivity contribution is -0.141. The summed E-state index contributed by atoms with van der Waals surface area (Å²) in [4.78, 5) is 24.6. The van der Waals surface area contributed by atoms with E-state index in [9.17, 15) is 9.59 Å². The van der Waals surface area contributed by atoms with Crippen LogP contribution in [0.3, 0.4) is 0 Å². The number of ether oxygens (including phenoxy) is 1. The Morgan fingerprint density at radius 2 is 2.19 bits per heavy atom. The molecule has 1 aromatic rings. The third kappa shape index (κ3) is 2.79. The van der Waals surface area contributed by atoms with E-state index in [4.69, 9.17) is 9.84 Å². The fraction of sp³-hybridized carbons (Fsp3) is 0.467. The Morgan fingerprint density at radius 1 is 1.38 bits per heavy atom. The van der Waals surface area contributed by atoms with E-state index in [1.807, 2.05) is 24.3 Å². The molecule has 2 aliphatic rings. The second-order valence-electron chi connectivity index (χ2n) is 5.43. The highest BCUT2D eigenvalue weighted by atomic mass is 16.5. The number of urea groups is 1. The van der Waals surface area contributed by atoms with Crippen molar-refractivity contribution in [1.82, 2.24) is 10.2 Å². The number of para-hydroxylation sites is 1. The van der Waals surface area contributed by atoms with Crippen LogP contribution in [-0.2, 0) is 11.2 Å². The molecule has 1 aromatic carbocycles. The summed E-state index contributed by atoms with van der Waals surface area (Å²) < 4.78 is 5.74. The predicted octanol–water partition coefficient (Wildman–Crippen LogP) is 1.25. The summed E-state index contributed by atoms with van der Waals surface area (Å²) in [5.41, 5.74) is 1.14. The molecule has 2 aliphatic heterocycles. The number of hydrogen-bond acceptors (Lipinski definition) is 3. The van der Waals surface area contributed by atoms with Gasteiger partial charge in [0.05, 0.1) is 6.54 Å².